The van der Waals surface area contributed by atoms with E-state index >= 15 is 0 Å². The Morgan fingerprint density at radius 2 is 2.06 bits per heavy atom. The van der Waals surface area contributed by atoms with Gasteiger partial charge in [-0.3, -0.25) is 9.59 Å². The second-order valence-corrected chi connectivity index (χ2v) is 5.47. The zero-order chi connectivity index (χ0) is 12.8. The van der Waals surface area contributed by atoms with Crippen molar-refractivity contribution in [3.8, 4) is 0 Å². The summed E-state index contributed by atoms with van der Waals surface area (Å²) in [4.78, 5) is 36.6. The monoisotopic (exact) mass is 239 g/mol. The quantitative estimate of drug-likeness (QED) is 0.494. The van der Waals surface area contributed by atoms with Gasteiger partial charge in [-0.05, 0) is 11.8 Å². The van der Waals surface area contributed by atoms with Crippen molar-refractivity contribution in [2.45, 2.75) is 45.2 Å². The number of fused-ring (bicyclic) bond motifs is 1. The molecule has 1 amide bonds. The number of methoxy groups -OCH3 is 1. The number of Topliss-reactive ketones (excluding diaryl/α,β-unsaturated/α-hetero) is 1. The highest BCUT2D eigenvalue weighted by Crippen LogP contribution is 2.44. The lowest BCUT2D eigenvalue weighted by Gasteiger charge is -2.36. The molecule has 2 heterocycles. The van der Waals surface area contributed by atoms with E-state index in [-0.39, 0.29) is 35.5 Å². The van der Waals surface area contributed by atoms with E-state index in [4.69, 9.17) is 4.74 Å². The Kier molecular flexibility index (Phi) is 2.72. The largest absolute Gasteiger partial charge is 0.467 e. The van der Waals surface area contributed by atoms with Crippen LogP contribution in [-0.4, -0.2) is 41.8 Å². The average molecular weight is 239 g/mol. The van der Waals surface area contributed by atoms with Crippen LogP contribution >= 0.6 is 0 Å². The molecule has 0 saturated carbocycles. The number of hydrogen-bond acceptors (Lipinski definition) is 4. The molecule has 2 aliphatic rings. The van der Waals surface area contributed by atoms with Gasteiger partial charge in [0, 0.05) is 12.5 Å². The fraction of sp³-hybridized carbons (Fsp3) is 0.750. The molecule has 0 spiro atoms. The number of esters is 1. The van der Waals surface area contributed by atoms with Gasteiger partial charge in [0.05, 0.1) is 13.5 Å². The lowest BCUT2D eigenvalue weighted by molar-refractivity contribution is -0.155. The molecule has 2 aliphatic heterocycles. The van der Waals surface area contributed by atoms with Gasteiger partial charge in [0.25, 0.3) is 0 Å². The zero-order valence-electron chi connectivity index (χ0n) is 10.4. The highest BCUT2D eigenvalue weighted by atomic mass is 16.5. The summed E-state index contributed by atoms with van der Waals surface area (Å²) in [5.74, 6) is -0.662. The van der Waals surface area contributed by atoms with Crippen LogP contribution in [0, 0.1) is 5.41 Å². The van der Waals surface area contributed by atoms with Crippen LogP contribution < -0.4 is 0 Å². The molecule has 0 bridgehead atoms. The number of piperidine rings is 1. The number of hydrogen-bond donors (Lipinski definition) is 0. The molecule has 2 atom stereocenters. The first-order valence-corrected chi connectivity index (χ1v) is 5.77. The molecule has 2 saturated heterocycles. The molecule has 5 heteroatoms. The Hall–Kier alpha value is -1.39. The second-order valence-electron chi connectivity index (χ2n) is 5.47. The Labute approximate surface area is 100 Å². The van der Waals surface area contributed by atoms with Crippen LogP contribution in [-0.2, 0) is 19.1 Å². The molecule has 2 rings (SSSR count). The van der Waals surface area contributed by atoms with Gasteiger partial charge < -0.3 is 9.64 Å². The highest BCUT2D eigenvalue weighted by Gasteiger charge is 2.54. The van der Waals surface area contributed by atoms with Crippen LogP contribution in [0.2, 0.25) is 0 Å². The first-order chi connectivity index (χ1) is 7.86. The second kappa shape index (κ2) is 3.82. The number of rotatable bonds is 1. The highest BCUT2D eigenvalue weighted by molar-refractivity contribution is 6.02. The predicted molar refractivity (Wildman–Crippen MR) is 59.1 cm³/mol. The van der Waals surface area contributed by atoms with Crippen LogP contribution in [0.4, 0.5) is 0 Å². The van der Waals surface area contributed by atoms with Crippen molar-refractivity contribution in [1.29, 1.82) is 0 Å². The molecule has 0 aromatic rings. The van der Waals surface area contributed by atoms with Crippen molar-refractivity contribution in [2.75, 3.05) is 7.11 Å². The number of amides is 1. The van der Waals surface area contributed by atoms with E-state index in [1.165, 1.54) is 7.11 Å². The number of ether oxygens (including phenoxy) is 1. The maximum Gasteiger partial charge on any atom is 0.328 e. The van der Waals surface area contributed by atoms with Gasteiger partial charge >= 0.3 is 5.97 Å². The summed E-state index contributed by atoms with van der Waals surface area (Å²) < 4.78 is 4.73. The first-order valence-electron chi connectivity index (χ1n) is 5.77. The lowest BCUT2D eigenvalue weighted by Crippen LogP contribution is -2.51. The van der Waals surface area contributed by atoms with Gasteiger partial charge in [0.2, 0.25) is 5.91 Å². The van der Waals surface area contributed by atoms with Crippen molar-refractivity contribution < 1.29 is 19.1 Å². The molecule has 0 N–H and O–H groups in total. The normalized spacial score (nSPS) is 31.4. The zero-order valence-corrected chi connectivity index (χ0v) is 10.4. The van der Waals surface area contributed by atoms with Crippen LogP contribution in [0.25, 0.3) is 0 Å². The van der Waals surface area contributed by atoms with E-state index in [0.717, 1.165) is 0 Å². The summed E-state index contributed by atoms with van der Waals surface area (Å²) in [6, 6.07) is -0.694. The summed E-state index contributed by atoms with van der Waals surface area (Å²) in [7, 11) is 1.32. The molecule has 0 aliphatic carbocycles. The van der Waals surface area contributed by atoms with Crippen molar-refractivity contribution >= 4 is 17.7 Å². The molecular formula is C12H17NO4. The summed E-state index contributed by atoms with van der Waals surface area (Å²) in [6.07, 6.45) is 0.829. The Morgan fingerprint density at radius 1 is 1.41 bits per heavy atom. The topological polar surface area (TPSA) is 63.7 Å². The number of carbonyl (C=O) groups excluding carboxylic acids is 3. The summed E-state index contributed by atoms with van der Waals surface area (Å²) in [5.41, 5.74) is -0.218. The first kappa shape index (κ1) is 12.1. The van der Waals surface area contributed by atoms with Crippen molar-refractivity contribution in [2.24, 2.45) is 5.41 Å². The minimum absolute atomic E-state index is 0.0326. The lowest BCUT2D eigenvalue weighted by atomic mass is 9.80. The molecule has 0 radical (unpaired) electrons. The van der Waals surface area contributed by atoms with E-state index < -0.39 is 6.04 Å². The Bertz CT molecular complexity index is 388. The molecule has 5 nitrogen and oxygen atoms in total. The number of carbonyl (C=O) groups is 3. The van der Waals surface area contributed by atoms with Gasteiger partial charge in [-0.1, -0.05) is 13.8 Å². The maximum absolute atomic E-state index is 11.9. The third-order valence-electron chi connectivity index (χ3n) is 3.82. The molecule has 17 heavy (non-hydrogen) atoms. The summed E-state index contributed by atoms with van der Waals surface area (Å²) >= 11 is 0. The SMILES string of the molecule is COC(=O)C1CC(C)(C)C2CC(=O)CC(=O)N12. The molecule has 0 aromatic heterocycles. The van der Waals surface area contributed by atoms with Crippen LogP contribution in [0.3, 0.4) is 0 Å². The predicted octanol–water partition coefficient (Wildman–Crippen LogP) is 0.518. The van der Waals surface area contributed by atoms with Gasteiger partial charge in [0.15, 0.2) is 0 Å². The van der Waals surface area contributed by atoms with E-state index in [1.54, 1.807) is 4.90 Å². The van der Waals surface area contributed by atoms with Crippen molar-refractivity contribution in [3.63, 3.8) is 0 Å². The smallest absolute Gasteiger partial charge is 0.328 e. The summed E-state index contributed by atoms with van der Waals surface area (Å²) in [6.45, 7) is 3.97. The van der Waals surface area contributed by atoms with Crippen molar-refractivity contribution in [3.05, 3.63) is 0 Å². The Morgan fingerprint density at radius 3 is 2.65 bits per heavy atom. The van der Waals surface area contributed by atoms with E-state index in [2.05, 4.69) is 0 Å². The molecule has 2 unspecified atom stereocenters. The Balaban J connectivity index is 2.33. The number of ketones is 1. The van der Waals surface area contributed by atoms with E-state index in [0.29, 0.717) is 12.8 Å². The molecule has 2 fully saturated rings. The third kappa shape index (κ3) is 1.83. The minimum atomic E-state index is -0.527. The molecule has 94 valence electrons. The fourth-order valence-corrected chi connectivity index (χ4v) is 2.93. The van der Waals surface area contributed by atoms with E-state index in [9.17, 15) is 14.4 Å². The fourth-order valence-electron chi connectivity index (χ4n) is 2.93. The number of nitrogens with zero attached hydrogens (tertiary/aromatic N) is 1. The van der Waals surface area contributed by atoms with Gasteiger partial charge in [-0.25, -0.2) is 4.79 Å². The molecular weight excluding hydrogens is 222 g/mol. The average Bonchev–Trinajstić information content (AvgIpc) is 2.50. The maximum atomic E-state index is 11.9. The summed E-state index contributed by atoms with van der Waals surface area (Å²) in [5, 5.41) is 0. The van der Waals surface area contributed by atoms with E-state index in [1.807, 2.05) is 13.8 Å². The van der Waals surface area contributed by atoms with Crippen LogP contribution in [0.5, 0.6) is 0 Å². The van der Waals surface area contributed by atoms with Crippen molar-refractivity contribution in [1.82, 2.24) is 4.90 Å². The minimum Gasteiger partial charge on any atom is -0.467 e. The molecule has 0 aromatic carbocycles. The van der Waals surface area contributed by atoms with Gasteiger partial charge in [-0.2, -0.15) is 0 Å². The van der Waals surface area contributed by atoms with Gasteiger partial charge in [-0.15, -0.1) is 0 Å². The van der Waals surface area contributed by atoms with Crippen LogP contribution in [0.15, 0.2) is 0 Å². The third-order valence-corrected chi connectivity index (χ3v) is 3.82. The van der Waals surface area contributed by atoms with Crippen LogP contribution in [0.1, 0.15) is 33.1 Å². The standard InChI is InChI=1S/C12H17NO4/c1-12(2)6-8(11(16)17-3)13-9(12)4-7(14)5-10(13)15/h8-9H,4-6H2,1-3H3. The van der Waals surface area contributed by atoms with Gasteiger partial charge in [0.1, 0.15) is 11.8 Å².